The van der Waals surface area contributed by atoms with E-state index in [-0.39, 0.29) is 11.5 Å². The van der Waals surface area contributed by atoms with Gasteiger partial charge in [0.05, 0.1) is 12.7 Å². The molecular formula is C11H23N3O3. The van der Waals surface area contributed by atoms with Gasteiger partial charge in [-0.3, -0.25) is 0 Å². The van der Waals surface area contributed by atoms with Gasteiger partial charge in [0.15, 0.2) is 0 Å². The molecule has 1 rings (SSSR count). The number of nitrogens with one attached hydrogen (secondary N) is 1. The topological polar surface area (TPSA) is 89.1 Å². The molecule has 0 aromatic heterocycles. The van der Waals surface area contributed by atoms with Crippen LogP contribution in [0.4, 0.5) is 0 Å². The Morgan fingerprint density at radius 1 is 1.53 bits per heavy atom. The minimum absolute atomic E-state index is 0.0691. The van der Waals surface area contributed by atoms with Crippen molar-refractivity contribution in [1.82, 2.24) is 5.32 Å². The first-order chi connectivity index (χ1) is 8.15. The highest BCUT2D eigenvalue weighted by molar-refractivity contribution is 5.80. The minimum Gasteiger partial charge on any atom is -0.409 e. The molecule has 0 spiro atoms. The van der Waals surface area contributed by atoms with Crippen LogP contribution in [-0.4, -0.2) is 51.1 Å². The van der Waals surface area contributed by atoms with Gasteiger partial charge in [-0.2, -0.15) is 0 Å². The van der Waals surface area contributed by atoms with E-state index >= 15 is 0 Å². The van der Waals surface area contributed by atoms with Crippen molar-refractivity contribution in [1.29, 1.82) is 0 Å². The summed E-state index contributed by atoms with van der Waals surface area (Å²) in [5.41, 5.74) is 5.71. The average molecular weight is 245 g/mol. The molecule has 0 amide bonds. The SMILES string of the molecule is COCC(CNCC1(CC(N)=NO)CC1)OC. The lowest BCUT2D eigenvalue weighted by atomic mass is 10.0. The van der Waals surface area contributed by atoms with Gasteiger partial charge in [-0.1, -0.05) is 5.16 Å². The highest BCUT2D eigenvalue weighted by atomic mass is 16.5. The number of hydrogen-bond donors (Lipinski definition) is 3. The van der Waals surface area contributed by atoms with Crippen molar-refractivity contribution in [2.45, 2.75) is 25.4 Å². The second-order valence-corrected chi connectivity index (χ2v) is 4.71. The Balaban J connectivity index is 2.21. The molecule has 0 heterocycles. The van der Waals surface area contributed by atoms with Gasteiger partial charge in [0.2, 0.25) is 0 Å². The average Bonchev–Trinajstić information content (AvgIpc) is 3.08. The number of rotatable bonds is 9. The van der Waals surface area contributed by atoms with Crippen molar-refractivity contribution in [2.75, 3.05) is 33.9 Å². The largest absolute Gasteiger partial charge is 0.409 e. The van der Waals surface area contributed by atoms with E-state index in [1.807, 2.05) is 0 Å². The fourth-order valence-electron chi connectivity index (χ4n) is 1.91. The number of methoxy groups -OCH3 is 2. The van der Waals surface area contributed by atoms with E-state index in [9.17, 15) is 0 Å². The summed E-state index contributed by atoms with van der Waals surface area (Å²) in [5, 5.41) is 14.9. The van der Waals surface area contributed by atoms with E-state index in [4.69, 9.17) is 20.4 Å². The predicted molar refractivity (Wildman–Crippen MR) is 65.2 cm³/mol. The lowest BCUT2D eigenvalue weighted by Crippen LogP contribution is -2.36. The maximum absolute atomic E-state index is 8.55. The monoisotopic (exact) mass is 245 g/mol. The Morgan fingerprint density at radius 3 is 2.71 bits per heavy atom. The highest BCUT2D eigenvalue weighted by Crippen LogP contribution is 2.48. The van der Waals surface area contributed by atoms with Gasteiger partial charge in [-0.25, -0.2) is 0 Å². The predicted octanol–water partition coefficient (Wildman–Crippen LogP) is 0.154. The van der Waals surface area contributed by atoms with Crippen LogP contribution in [0.15, 0.2) is 5.16 Å². The van der Waals surface area contributed by atoms with Gasteiger partial charge in [0.25, 0.3) is 0 Å². The van der Waals surface area contributed by atoms with Crippen molar-refractivity contribution < 1.29 is 14.7 Å². The lowest BCUT2D eigenvalue weighted by Gasteiger charge is -2.19. The molecule has 0 aromatic rings. The summed E-state index contributed by atoms with van der Waals surface area (Å²) >= 11 is 0. The van der Waals surface area contributed by atoms with Crippen molar-refractivity contribution in [3.05, 3.63) is 0 Å². The Bertz CT molecular complexity index is 254. The standard InChI is InChI=1S/C11H23N3O3/c1-16-7-9(17-2)6-13-8-11(3-4-11)5-10(12)14-15/h9,13,15H,3-8H2,1-2H3,(H2,12,14). The van der Waals surface area contributed by atoms with Gasteiger partial charge < -0.3 is 25.7 Å². The number of nitrogens with zero attached hydrogens (tertiary/aromatic N) is 1. The Kier molecular flexibility index (Phi) is 5.67. The fourth-order valence-corrected chi connectivity index (χ4v) is 1.91. The Labute approximate surface area is 102 Å². The molecule has 1 aliphatic rings. The first-order valence-corrected chi connectivity index (χ1v) is 5.84. The number of nitrogens with two attached hydrogens (primary N) is 1. The van der Waals surface area contributed by atoms with Crippen LogP contribution in [0.3, 0.4) is 0 Å². The molecule has 1 saturated carbocycles. The molecule has 17 heavy (non-hydrogen) atoms. The number of ether oxygens (including phenoxy) is 2. The van der Waals surface area contributed by atoms with Crippen LogP contribution in [0.2, 0.25) is 0 Å². The summed E-state index contributed by atoms with van der Waals surface area (Å²) in [7, 11) is 3.33. The summed E-state index contributed by atoms with van der Waals surface area (Å²) in [6, 6.07) is 0. The van der Waals surface area contributed by atoms with Crippen molar-refractivity contribution in [3.63, 3.8) is 0 Å². The first kappa shape index (κ1) is 14.2. The van der Waals surface area contributed by atoms with E-state index in [2.05, 4.69) is 10.5 Å². The van der Waals surface area contributed by atoms with Crippen LogP contribution in [0.1, 0.15) is 19.3 Å². The molecule has 1 unspecified atom stereocenters. The zero-order chi connectivity index (χ0) is 12.7. The van der Waals surface area contributed by atoms with Crippen LogP contribution in [0, 0.1) is 5.41 Å². The zero-order valence-corrected chi connectivity index (χ0v) is 10.6. The van der Waals surface area contributed by atoms with Crippen molar-refractivity contribution in [3.8, 4) is 0 Å². The smallest absolute Gasteiger partial charge is 0.139 e. The first-order valence-electron chi connectivity index (χ1n) is 5.84. The maximum atomic E-state index is 8.55. The molecule has 6 heteroatoms. The minimum atomic E-state index is 0.0691. The summed E-state index contributed by atoms with van der Waals surface area (Å²) in [4.78, 5) is 0. The molecule has 1 fully saturated rings. The van der Waals surface area contributed by atoms with Crippen LogP contribution in [0.25, 0.3) is 0 Å². The molecule has 0 saturated heterocycles. The molecule has 4 N–H and O–H groups in total. The van der Waals surface area contributed by atoms with E-state index in [0.717, 1.165) is 25.9 Å². The van der Waals surface area contributed by atoms with Gasteiger partial charge in [-0.15, -0.1) is 0 Å². The molecule has 0 radical (unpaired) electrons. The van der Waals surface area contributed by atoms with E-state index < -0.39 is 0 Å². The number of hydrogen-bond acceptors (Lipinski definition) is 5. The summed E-state index contributed by atoms with van der Waals surface area (Å²) < 4.78 is 10.3. The van der Waals surface area contributed by atoms with Crippen LogP contribution < -0.4 is 11.1 Å². The van der Waals surface area contributed by atoms with Gasteiger partial charge in [0.1, 0.15) is 5.84 Å². The third-order valence-corrected chi connectivity index (χ3v) is 3.20. The summed E-state index contributed by atoms with van der Waals surface area (Å²) in [6.45, 7) is 2.20. The maximum Gasteiger partial charge on any atom is 0.139 e. The second kappa shape index (κ2) is 6.78. The normalized spacial score (nSPS) is 20.2. The molecule has 1 atom stereocenters. The van der Waals surface area contributed by atoms with Crippen molar-refractivity contribution >= 4 is 5.84 Å². The van der Waals surface area contributed by atoms with Crippen molar-refractivity contribution in [2.24, 2.45) is 16.3 Å². The van der Waals surface area contributed by atoms with Crippen LogP contribution in [-0.2, 0) is 9.47 Å². The van der Waals surface area contributed by atoms with E-state index in [1.165, 1.54) is 0 Å². The molecule has 100 valence electrons. The van der Waals surface area contributed by atoms with E-state index in [1.54, 1.807) is 14.2 Å². The Hall–Kier alpha value is -0.850. The van der Waals surface area contributed by atoms with Gasteiger partial charge >= 0.3 is 0 Å². The summed E-state index contributed by atoms with van der Waals surface area (Å²) in [5.74, 6) is 0.310. The molecule has 0 bridgehead atoms. The lowest BCUT2D eigenvalue weighted by molar-refractivity contribution is 0.0283. The fraction of sp³-hybridized carbons (Fsp3) is 0.909. The third kappa shape index (κ3) is 4.89. The second-order valence-electron chi connectivity index (χ2n) is 4.71. The van der Waals surface area contributed by atoms with Crippen LogP contribution >= 0.6 is 0 Å². The zero-order valence-electron chi connectivity index (χ0n) is 10.6. The van der Waals surface area contributed by atoms with Gasteiger partial charge in [0, 0.05) is 33.7 Å². The highest BCUT2D eigenvalue weighted by Gasteiger charge is 2.42. The third-order valence-electron chi connectivity index (χ3n) is 3.20. The molecule has 0 aliphatic heterocycles. The molecule has 1 aliphatic carbocycles. The van der Waals surface area contributed by atoms with E-state index in [0.29, 0.717) is 18.9 Å². The number of amidine groups is 1. The number of oxime groups is 1. The quantitative estimate of drug-likeness (QED) is 0.233. The van der Waals surface area contributed by atoms with Crippen LogP contribution in [0.5, 0.6) is 0 Å². The summed E-state index contributed by atoms with van der Waals surface area (Å²) in [6.07, 6.45) is 2.97. The molecular weight excluding hydrogens is 222 g/mol. The Morgan fingerprint density at radius 2 is 2.24 bits per heavy atom. The molecule has 6 nitrogen and oxygen atoms in total. The molecule has 0 aromatic carbocycles. The van der Waals surface area contributed by atoms with Gasteiger partial charge in [-0.05, 0) is 18.3 Å².